The van der Waals surface area contributed by atoms with Gasteiger partial charge in [0.15, 0.2) is 10.2 Å². The standard InChI is InChI=1S/C17H16O2S3/c1-13(17-20-11-22(18)12-21-17)14-7-9-16(10-8-14)19-15-5-3-2-4-6-15/h2-10H,11-12H2,1H3. The van der Waals surface area contributed by atoms with Gasteiger partial charge in [0, 0.05) is 0 Å². The van der Waals surface area contributed by atoms with Crippen molar-refractivity contribution in [1.29, 1.82) is 0 Å². The number of rotatable bonds is 3. The van der Waals surface area contributed by atoms with Gasteiger partial charge in [-0.2, -0.15) is 0 Å². The summed E-state index contributed by atoms with van der Waals surface area (Å²) in [5.41, 5.74) is 2.43. The maximum atomic E-state index is 11.4. The molecule has 2 aromatic carbocycles. The summed E-state index contributed by atoms with van der Waals surface area (Å²) >= 11 is 2.70. The van der Waals surface area contributed by atoms with Gasteiger partial charge >= 0.3 is 0 Å². The Morgan fingerprint density at radius 1 is 0.955 bits per heavy atom. The van der Waals surface area contributed by atoms with E-state index >= 15 is 0 Å². The van der Waals surface area contributed by atoms with Gasteiger partial charge in [-0.3, -0.25) is 0 Å². The molecule has 0 spiro atoms. The molecule has 0 saturated carbocycles. The van der Waals surface area contributed by atoms with Crippen LogP contribution in [0.5, 0.6) is 11.5 Å². The molecule has 1 heterocycles. The average Bonchev–Trinajstić information content (AvgIpc) is 2.57. The van der Waals surface area contributed by atoms with Gasteiger partial charge in [0.25, 0.3) is 0 Å². The summed E-state index contributed by atoms with van der Waals surface area (Å²) in [5.74, 6) is 1.67. The molecule has 0 N–H and O–H groups in total. The molecule has 1 saturated heterocycles. The minimum atomic E-state index is -0.688. The first-order valence-electron chi connectivity index (χ1n) is 6.87. The van der Waals surface area contributed by atoms with Crippen molar-refractivity contribution in [3.05, 3.63) is 64.4 Å². The molecule has 0 unspecified atom stereocenters. The van der Waals surface area contributed by atoms with Crippen LogP contribution in [0.3, 0.4) is 0 Å². The molecule has 0 aliphatic carbocycles. The van der Waals surface area contributed by atoms with Gasteiger partial charge in [0.2, 0.25) is 0 Å². The van der Waals surface area contributed by atoms with Crippen molar-refractivity contribution in [3.63, 3.8) is 0 Å². The molecule has 1 fully saturated rings. The summed E-state index contributed by atoms with van der Waals surface area (Å²) < 4.78 is 18.5. The highest BCUT2D eigenvalue weighted by atomic mass is 32.3. The van der Waals surface area contributed by atoms with Crippen LogP contribution in [0.25, 0.3) is 5.57 Å². The Morgan fingerprint density at radius 2 is 1.55 bits per heavy atom. The smallest absolute Gasteiger partial charge is 0.156 e. The molecule has 1 aliphatic heterocycles. The van der Waals surface area contributed by atoms with E-state index in [4.69, 9.17) is 4.74 Å². The summed E-state index contributed by atoms with van der Waals surface area (Å²) in [6, 6.07) is 17.9. The zero-order chi connectivity index (χ0) is 15.4. The molecular weight excluding hydrogens is 332 g/mol. The van der Waals surface area contributed by atoms with Gasteiger partial charge in [0.1, 0.15) is 11.5 Å². The second-order valence-electron chi connectivity index (χ2n) is 4.82. The first-order chi connectivity index (χ1) is 10.7. The molecule has 0 radical (unpaired) electrons. The molecule has 0 bridgehead atoms. The van der Waals surface area contributed by atoms with E-state index in [1.165, 1.54) is 15.4 Å². The normalized spacial score (nSPS) is 18.1. The highest BCUT2D eigenvalue weighted by Gasteiger charge is 2.19. The highest BCUT2D eigenvalue weighted by molar-refractivity contribution is 8.34. The maximum absolute atomic E-state index is 11.4. The molecule has 0 aromatic heterocycles. The van der Waals surface area contributed by atoms with Crippen molar-refractivity contribution in [2.24, 2.45) is 0 Å². The number of ether oxygens (including phenoxy) is 1. The van der Waals surface area contributed by atoms with Crippen LogP contribution in [-0.4, -0.2) is 14.7 Å². The van der Waals surface area contributed by atoms with Gasteiger partial charge < -0.3 is 9.29 Å². The molecule has 2 nitrogen and oxygen atoms in total. The van der Waals surface area contributed by atoms with E-state index < -0.39 is 11.2 Å². The number of hydrogen-bond acceptors (Lipinski definition) is 4. The molecule has 0 atom stereocenters. The summed E-state index contributed by atoms with van der Waals surface area (Å²) in [6.45, 7) is 2.12. The SMILES string of the molecule is CC(=C1SC[S+]([O-])CS1)c1ccc(Oc2ccccc2)cc1. The van der Waals surface area contributed by atoms with Crippen LogP contribution in [0.2, 0.25) is 0 Å². The van der Waals surface area contributed by atoms with Crippen molar-refractivity contribution >= 4 is 40.3 Å². The Morgan fingerprint density at radius 3 is 2.18 bits per heavy atom. The van der Waals surface area contributed by atoms with Gasteiger partial charge in [-0.15, -0.1) is 0 Å². The average molecular weight is 349 g/mol. The fourth-order valence-corrected chi connectivity index (χ4v) is 6.71. The van der Waals surface area contributed by atoms with Crippen LogP contribution < -0.4 is 4.74 Å². The van der Waals surface area contributed by atoms with E-state index in [-0.39, 0.29) is 0 Å². The number of thioether (sulfide) groups is 2. The summed E-state index contributed by atoms with van der Waals surface area (Å²) in [7, 11) is 0. The third-order valence-electron chi connectivity index (χ3n) is 3.22. The van der Waals surface area contributed by atoms with Crippen molar-refractivity contribution < 1.29 is 9.29 Å². The van der Waals surface area contributed by atoms with Gasteiger partial charge in [-0.05, 0) is 53.5 Å². The summed E-state index contributed by atoms with van der Waals surface area (Å²) in [5, 5.41) is 1.41. The second kappa shape index (κ2) is 7.51. The molecule has 0 amide bonds. The predicted molar refractivity (Wildman–Crippen MR) is 98.6 cm³/mol. The first kappa shape index (κ1) is 15.9. The molecular formula is C17H16O2S3. The third kappa shape index (κ3) is 4.04. The van der Waals surface area contributed by atoms with Crippen molar-refractivity contribution in [2.45, 2.75) is 6.92 Å². The lowest BCUT2D eigenvalue weighted by Gasteiger charge is -2.19. The quantitative estimate of drug-likeness (QED) is 0.704. The van der Waals surface area contributed by atoms with Gasteiger partial charge in [0.05, 0.1) is 4.24 Å². The second-order valence-corrected chi connectivity index (χ2v) is 9.23. The van der Waals surface area contributed by atoms with Gasteiger partial charge in [-0.1, -0.05) is 53.9 Å². The number of allylic oxidation sites excluding steroid dienone is 1. The fraction of sp³-hybridized carbons (Fsp3) is 0.176. The van der Waals surface area contributed by atoms with E-state index in [0.717, 1.165) is 11.5 Å². The predicted octanol–water partition coefficient (Wildman–Crippen LogP) is 5.31. The molecule has 114 valence electrons. The van der Waals surface area contributed by atoms with Crippen molar-refractivity contribution in [1.82, 2.24) is 0 Å². The number of hydrogen-bond donors (Lipinski definition) is 0. The Balaban J connectivity index is 1.72. The minimum absolute atomic E-state index is 0.688. The summed E-state index contributed by atoms with van der Waals surface area (Å²) in [6.07, 6.45) is 0. The number of para-hydroxylation sites is 1. The lowest BCUT2D eigenvalue weighted by molar-refractivity contribution is 0.482. The Labute approximate surface area is 142 Å². The Kier molecular flexibility index (Phi) is 5.41. The van der Waals surface area contributed by atoms with E-state index in [9.17, 15) is 4.55 Å². The largest absolute Gasteiger partial charge is 0.615 e. The lowest BCUT2D eigenvalue weighted by Crippen LogP contribution is -2.10. The number of benzene rings is 2. The van der Waals surface area contributed by atoms with E-state index in [2.05, 4.69) is 19.1 Å². The zero-order valence-corrected chi connectivity index (χ0v) is 14.6. The van der Waals surface area contributed by atoms with Crippen molar-refractivity contribution in [2.75, 3.05) is 10.2 Å². The fourth-order valence-electron chi connectivity index (χ4n) is 2.05. The van der Waals surface area contributed by atoms with Crippen LogP contribution in [0.15, 0.2) is 58.8 Å². The lowest BCUT2D eigenvalue weighted by atomic mass is 10.1. The van der Waals surface area contributed by atoms with E-state index in [0.29, 0.717) is 10.2 Å². The van der Waals surface area contributed by atoms with Crippen LogP contribution in [0, 0.1) is 0 Å². The molecule has 2 aromatic rings. The first-order valence-corrected chi connectivity index (χ1v) is 10.3. The molecule has 5 heteroatoms. The van der Waals surface area contributed by atoms with Crippen LogP contribution in [0.4, 0.5) is 0 Å². The third-order valence-corrected chi connectivity index (χ3v) is 8.11. The van der Waals surface area contributed by atoms with Crippen molar-refractivity contribution in [3.8, 4) is 11.5 Å². The van der Waals surface area contributed by atoms with Gasteiger partial charge in [-0.25, -0.2) is 0 Å². The van der Waals surface area contributed by atoms with Crippen LogP contribution in [0.1, 0.15) is 12.5 Å². The van der Waals surface area contributed by atoms with Crippen LogP contribution in [-0.2, 0) is 11.2 Å². The monoisotopic (exact) mass is 348 g/mol. The molecule has 22 heavy (non-hydrogen) atoms. The molecule has 3 rings (SSSR count). The molecule has 1 aliphatic rings. The maximum Gasteiger partial charge on any atom is 0.156 e. The Bertz CT molecular complexity index is 643. The highest BCUT2D eigenvalue weighted by Crippen LogP contribution is 2.41. The van der Waals surface area contributed by atoms with E-state index in [1.54, 1.807) is 23.5 Å². The minimum Gasteiger partial charge on any atom is -0.615 e. The topological polar surface area (TPSA) is 32.3 Å². The van der Waals surface area contributed by atoms with E-state index in [1.807, 2.05) is 42.5 Å². The van der Waals surface area contributed by atoms with Crippen LogP contribution >= 0.6 is 23.5 Å². The summed E-state index contributed by atoms with van der Waals surface area (Å²) in [4.78, 5) is 0. The Hall–Kier alpha value is -1.01. The zero-order valence-electron chi connectivity index (χ0n) is 12.2.